The van der Waals surface area contributed by atoms with Gasteiger partial charge in [0, 0.05) is 21.2 Å². The van der Waals surface area contributed by atoms with Gasteiger partial charge in [0.25, 0.3) is 0 Å². The maximum absolute atomic E-state index is 4.93. The molecule has 0 aliphatic rings. The third-order valence-electron chi connectivity index (χ3n) is 6.76. The highest BCUT2D eigenvalue weighted by Gasteiger charge is 2.15. The lowest BCUT2D eigenvalue weighted by atomic mass is 9.99. The topological polar surface area (TPSA) is 38.7 Å². The number of hydrogen-bond acceptors (Lipinski definition) is 3. The zero-order chi connectivity index (χ0) is 26.8. The number of aromatic nitrogens is 3. The van der Waals surface area contributed by atoms with Crippen LogP contribution in [0.3, 0.4) is 0 Å². The van der Waals surface area contributed by atoms with E-state index >= 15 is 0 Å². The van der Waals surface area contributed by atoms with Gasteiger partial charge in [0.05, 0.1) is 0 Å². The lowest BCUT2D eigenvalue weighted by Gasteiger charge is -2.12. The Morgan fingerprint density at radius 2 is 1.10 bits per heavy atom. The predicted octanol–water partition coefficient (Wildman–Crippen LogP) is 9.74. The largest absolute Gasteiger partial charge is 0.208 e. The second kappa shape index (κ2) is 10.6. The molecule has 0 radical (unpaired) electrons. The van der Waals surface area contributed by atoms with Gasteiger partial charge in [-0.3, -0.25) is 0 Å². The van der Waals surface area contributed by atoms with Crippen molar-refractivity contribution in [2.75, 3.05) is 0 Å². The van der Waals surface area contributed by atoms with Crippen LogP contribution >= 0.6 is 15.9 Å². The minimum Gasteiger partial charge on any atom is -0.208 e. The van der Waals surface area contributed by atoms with E-state index < -0.39 is 0 Å². The van der Waals surface area contributed by atoms with Gasteiger partial charge in [-0.05, 0) is 45.2 Å². The molecule has 5 aromatic carbocycles. The van der Waals surface area contributed by atoms with Crippen LogP contribution in [0.1, 0.15) is 11.1 Å². The molecule has 0 N–H and O–H groups in total. The number of halogens is 1. The van der Waals surface area contributed by atoms with Crippen LogP contribution in [-0.2, 0) is 0 Å². The van der Waals surface area contributed by atoms with Crippen molar-refractivity contribution in [3.05, 3.63) is 138 Å². The minimum absolute atomic E-state index is 0.596. The molecule has 0 bridgehead atoms. The first-order valence-corrected chi connectivity index (χ1v) is 13.4. The van der Waals surface area contributed by atoms with Crippen molar-refractivity contribution in [1.82, 2.24) is 15.0 Å². The van der Waals surface area contributed by atoms with E-state index in [0.29, 0.717) is 17.5 Å². The molecule has 0 saturated carbocycles. The first kappa shape index (κ1) is 24.7. The molecule has 6 aromatic rings. The summed E-state index contributed by atoms with van der Waals surface area (Å²) in [4.78, 5) is 14.7. The van der Waals surface area contributed by atoms with Crippen LogP contribution in [0, 0.1) is 0 Å². The second-order valence-electron chi connectivity index (χ2n) is 9.15. The second-order valence-corrected chi connectivity index (χ2v) is 10.00. The molecule has 6 rings (SSSR count). The summed E-state index contributed by atoms with van der Waals surface area (Å²) < 4.78 is 1.06. The lowest BCUT2D eigenvalue weighted by Crippen LogP contribution is -2.01. The molecule has 3 nitrogen and oxygen atoms in total. The Labute approximate surface area is 236 Å². The predicted molar refractivity (Wildman–Crippen MR) is 167 cm³/mol. The molecule has 186 valence electrons. The Hall–Kier alpha value is -4.67. The molecule has 0 fully saturated rings. The Morgan fingerprint density at radius 1 is 0.513 bits per heavy atom. The van der Waals surface area contributed by atoms with E-state index in [0.717, 1.165) is 43.4 Å². The van der Waals surface area contributed by atoms with E-state index in [1.165, 1.54) is 10.8 Å². The molecule has 0 aliphatic carbocycles. The summed E-state index contributed by atoms with van der Waals surface area (Å²) in [5.41, 5.74) is 6.91. The van der Waals surface area contributed by atoms with E-state index in [9.17, 15) is 0 Å². The molecule has 1 aromatic heterocycles. The average molecular weight is 567 g/mol. The van der Waals surface area contributed by atoms with Crippen LogP contribution in [0.5, 0.6) is 0 Å². The van der Waals surface area contributed by atoms with Crippen LogP contribution in [0.25, 0.3) is 68.2 Å². The summed E-state index contributed by atoms with van der Waals surface area (Å²) in [5.74, 6) is 1.83. The van der Waals surface area contributed by atoms with Gasteiger partial charge in [-0.25, -0.2) is 15.0 Å². The van der Waals surface area contributed by atoms with Crippen LogP contribution in [0.15, 0.2) is 127 Å². The molecule has 0 aliphatic heterocycles. The van der Waals surface area contributed by atoms with Crippen molar-refractivity contribution in [2.45, 2.75) is 0 Å². The fourth-order valence-corrected chi connectivity index (χ4v) is 5.35. The van der Waals surface area contributed by atoms with Gasteiger partial charge in [-0.1, -0.05) is 138 Å². The number of fused-ring (bicyclic) bond motifs is 1. The van der Waals surface area contributed by atoms with Crippen LogP contribution in [-0.4, -0.2) is 15.0 Å². The number of hydrogen-bond donors (Lipinski definition) is 0. The lowest BCUT2D eigenvalue weighted by molar-refractivity contribution is 1.07. The zero-order valence-corrected chi connectivity index (χ0v) is 22.8. The number of benzene rings is 5. The summed E-state index contributed by atoms with van der Waals surface area (Å²) >= 11 is 3.77. The van der Waals surface area contributed by atoms with E-state index in [2.05, 4.69) is 89.8 Å². The molecular formula is C35H24BrN3. The Morgan fingerprint density at radius 3 is 1.77 bits per heavy atom. The van der Waals surface area contributed by atoms with Gasteiger partial charge in [-0.2, -0.15) is 0 Å². The third-order valence-corrected chi connectivity index (χ3v) is 7.42. The molecule has 1 heterocycles. The average Bonchev–Trinajstić information content (AvgIpc) is 3.00. The Bertz CT molecular complexity index is 1840. The summed E-state index contributed by atoms with van der Waals surface area (Å²) in [5, 5.41) is 2.41. The fourth-order valence-electron chi connectivity index (χ4n) is 4.76. The number of nitrogens with zero attached hydrogens (tertiary/aromatic N) is 3. The van der Waals surface area contributed by atoms with Crippen LogP contribution in [0.4, 0.5) is 0 Å². The van der Waals surface area contributed by atoms with Crippen LogP contribution < -0.4 is 0 Å². The Balaban J connectivity index is 1.48. The van der Waals surface area contributed by atoms with Crippen molar-refractivity contribution < 1.29 is 0 Å². The summed E-state index contributed by atoms with van der Waals surface area (Å²) in [6.07, 6.45) is 3.65. The van der Waals surface area contributed by atoms with Crippen LogP contribution in [0.2, 0.25) is 0 Å². The quantitative estimate of drug-likeness (QED) is 0.201. The molecule has 39 heavy (non-hydrogen) atoms. The van der Waals surface area contributed by atoms with Crippen molar-refractivity contribution in [1.29, 1.82) is 0 Å². The molecule has 0 saturated heterocycles. The molecule has 0 spiro atoms. The van der Waals surface area contributed by atoms with E-state index in [4.69, 9.17) is 15.0 Å². The van der Waals surface area contributed by atoms with Crippen molar-refractivity contribution in [3.63, 3.8) is 0 Å². The normalized spacial score (nSPS) is 10.9. The molecular weight excluding hydrogens is 542 g/mol. The van der Waals surface area contributed by atoms with Crippen molar-refractivity contribution in [3.8, 4) is 45.3 Å². The van der Waals surface area contributed by atoms with Gasteiger partial charge in [-0.15, -0.1) is 0 Å². The highest BCUT2D eigenvalue weighted by Crippen LogP contribution is 2.34. The van der Waals surface area contributed by atoms with E-state index in [1.54, 1.807) is 0 Å². The monoisotopic (exact) mass is 565 g/mol. The smallest absolute Gasteiger partial charge is 0.164 e. The molecule has 0 unspecified atom stereocenters. The minimum atomic E-state index is 0.596. The van der Waals surface area contributed by atoms with Crippen molar-refractivity contribution >= 4 is 38.9 Å². The maximum atomic E-state index is 4.93. The Kier molecular flexibility index (Phi) is 6.70. The van der Waals surface area contributed by atoms with Crippen molar-refractivity contribution in [2.24, 2.45) is 0 Å². The van der Waals surface area contributed by atoms with Gasteiger partial charge in [0.15, 0.2) is 17.5 Å². The molecule has 4 heteroatoms. The van der Waals surface area contributed by atoms with Gasteiger partial charge in [0.2, 0.25) is 0 Å². The van der Waals surface area contributed by atoms with E-state index in [-0.39, 0.29) is 0 Å². The first-order valence-electron chi connectivity index (χ1n) is 12.6. The van der Waals surface area contributed by atoms with Gasteiger partial charge in [0.1, 0.15) is 0 Å². The van der Waals surface area contributed by atoms with Gasteiger partial charge >= 0.3 is 0 Å². The highest BCUT2D eigenvalue weighted by molar-refractivity contribution is 9.10. The summed E-state index contributed by atoms with van der Waals surface area (Å²) in [6, 6.07) is 37.1. The SMILES string of the molecule is C=Cc1cccc(-c2nc(-c3ccccc3)nc(-c3ccc(-c4cc5ccccc5cc4Br)cc3)n2)c1C=C. The summed E-state index contributed by atoms with van der Waals surface area (Å²) in [6.45, 7) is 7.98. The maximum Gasteiger partial charge on any atom is 0.164 e. The fraction of sp³-hybridized carbons (Fsp3) is 0. The molecule has 0 amide bonds. The number of rotatable bonds is 6. The zero-order valence-electron chi connectivity index (χ0n) is 21.2. The summed E-state index contributed by atoms with van der Waals surface area (Å²) in [7, 11) is 0. The first-order chi connectivity index (χ1) is 19.1. The highest BCUT2D eigenvalue weighted by atomic mass is 79.9. The molecule has 0 atom stereocenters. The third kappa shape index (κ3) is 4.83. The van der Waals surface area contributed by atoms with E-state index in [1.807, 2.05) is 60.7 Å². The standard InChI is InChI=1S/C35H24BrN3/c1-3-23-15-10-16-30(29(23)4-2)35-38-33(25-11-6-5-7-12-25)37-34(39-35)26-19-17-24(18-20-26)31-21-27-13-8-9-14-28(27)22-32(31)36/h3-22H,1-2H2. The van der Waals surface area contributed by atoms with Gasteiger partial charge < -0.3 is 0 Å².